The van der Waals surface area contributed by atoms with Crippen molar-refractivity contribution < 1.29 is 9.59 Å². The minimum atomic E-state index is -0.489. The maximum atomic E-state index is 12.3. The van der Waals surface area contributed by atoms with Crippen LogP contribution < -0.4 is 10.7 Å². The molecular weight excluding hydrogens is 316 g/mol. The van der Waals surface area contributed by atoms with Crippen molar-refractivity contribution in [1.82, 2.24) is 20.4 Å². The van der Waals surface area contributed by atoms with Crippen LogP contribution in [0.3, 0.4) is 0 Å². The quantitative estimate of drug-likeness (QED) is 0.820. The van der Waals surface area contributed by atoms with Crippen LogP contribution in [0.4, 0.5) is 0 Å². The monoisotopic (exact) mass is 336 g/mol. The van der Waals surface area contributed by atoms with Gasteiger partial charge in [-0.05, 0) is 25.5 Å². The van der Waals surface area contributed by atoms with E-state index >= 15 is 0 Å². The van der Waals surface area contributed by atoms with E-state index in [-0.39, 0.29) is 23.6 Å². The van der Waals surface area contributed by atoms with Crippen molar-refractivity contribution in [2.24, 2.45) is 5.92 Å². The van der Waals surface area contributed by atoms with Gasteiger partial charge >= 0.3 is 0 Å². The second kappa shape index (κ2) is 6.74. The van der Waals surface area contributed by atoms with E-state index in [1.165, 1.54) is 6.07 Å². The Labute approximate surface area is 138 Å². The van der Waals surface area contributed by atoms with Crippen LogP contribution in [0, 0.1) is 12.8 Å². The van der Waals surface area contributed by atoms with Crippen LogP contribution in [-0.4, -0.2) is 57.5 Å². The van der Waals surface area contributed by atoms with Crippen LogP contribution in [0.25, 0.3) is 0 Å². The first-order valence-electron chi connectivity index (χ1n) is 7.78. The maximum absolute atomic E-state index is 12.3. The Bertz CT molecular complexity index is 663. The Morgan fingerprint density at radius 3 is 2.87 bits per heavy atom. The molecule has 1 aromatic heterocycles. The molecule has 0 radical (unpaired) electrons. The van der Waals surface area contributed by atoms with Crippen LogP contribution in [-0.2, 0) is 4.79 Å². The van der Waals surface area contributed by atoms with Gasteiger partial charge in [-0.25, -0.2) is 0 Å². The molecule has 0 bridgehead atoms. The van der Waals surface area contributed by atoms with Gasteiger partial charge in [0.05, 0.1) is 6.04 Å². The van der Waals surface area contributed by atoms with Crippen molar-refractivity contribution in [3.8, 4) is 0 Å². The number of hydrogen-bond donors (Lipinski definition) is 2. The third-order valence-electron chi connectivity index (χ3n) is 4.18. The standard InChI is InChI=1S/C15H20N4O3S/c1-9-5-12(20)13(18-17-9)14(21)16-11-6-19(7-11)15(22)10-3-2-4-23-8-10/h5,10-11H,2-4,6-8H2,1H3,(H,16,21)(H,17,20). The maximum Gasteiger partial charge on any atom is 0.276 e. The molecule has 1 atom stereocenters. The van der Waals surface area contributed by atoms with E-state index in [0.717, 1.165) is 24.3 Å². The fraction of sp³-hybridized carbons (Fsp3) is 0.600. The normalized spacial score (nSPS) is 21.6. The second-order valence-corrected chi connectivity index (χ2v) is 7.24. The van der Waals surface area contributed by atoms with Crippen molar-refractivity contribution in [2.45, 2.75) is 25.8 Å². The molecule has 2 aliphatic heterocycles. The average molecular weight is 336 g/mol. The van der Waals surface area contributed by atoms with E-state index in [2.05, 4.69) is 15.5 Å². The molecule has 3 rings (SSSR count). The van der Waals surface area contributed by atoms with Crippen LogP contribution in [0.5, 0.6) is 0 Å². The molecule has 124 valence electrons. The molecule has 0 saturated carbocycles. The topological polar surface area (TPSA) is 95.2 Å². The highest BCUT2D eigenvalue weighted by molar-refractivity contribution is 7.99. The van der Waals surface area contributed by atoms with Gasteiger partial charge < -0.3 is 10.2 Å². The summed E-state index contributed by atoms with van der Waals surface area (Å²) >= 11 is 1.83. The van der Waals surface area contributed by atoms with E-state index in [1.54, 1.807) is 11.8 Å². The molecule has 0 aliphatic carbocycles. The van der Waals surface area contributed by atoms with Crippen molar-refractivity contribution in [1.29, 1.82) is 0 Å². The number of hydrogen-bond acceptors (Lipinski definition) is 5. The smallest absolute Gasteiger partial charge is 0.276 e. The molecule has 1 unspecified atom stereocenters. The minimum Gasteiger partial charge on any atom is -0.344 e. The fourth-order valence-electron chi connectivity index (χ4n) is 2.86. The van der Waals surface area contributed by atoms with E-state index in [0.29, 0.717) is 18.8 Å². The first kappa shape index (κ1) is 16.0. The summed E-state index contributed by atoms with van der Waals surface area (Å²) in [5, 5.41) is 9.17. The average Bonchev–Trinajstić information content (AvgIpc) is 2.50. The number of H-pyrrole nitrogens is 1. The zero-order chi connectivity index (χ0) is 16.4. The number of likely N-dealkylation sites (tertiary alicyclic amines) is 1. The van der Waals surface area contributed by atoms with Crippen LogP contribution in [0.15, 0.2) is 10.9 Å². The Kier molecular flexibility index (Phi) is 4.70. The fourth-order valence-corrected chi connectivity index (χ4v) is 3.99. The summed E-state index contributed by atoms with van der Waals surface area (Å²) in [6, 6.07) is 1.24. The molecular formula is C15H20N4O3S. The number of amides is 2. The third kappa shape index (κ3) is 3.57. The SMILES string of the molecule is Cc1cc(=O)c(C(=O)NC2CN(C(=O)C3CCCSC3)C2)n[nH]1. The van der Waals surface area contributed by atoms with Crippen molar-refractivity contribution >= 4 is 23.6 Å². The van der Waals surface area contributed by atoms with Gasteiger partial charge in [-0.3, -0.25) is 19.5 Å². The van der Waals surface area contributed by atoms with Gasteiger partial charge in [0.2, 0.25) is 11.3 Å². The number of aromatic amines is 1. The first-order valence-corrected chi connectivity index (χ1v) is 8.94. The minimum absolute atomic E-state index is 0.106. The van der Waals surface area contributed by atoms with Crippen LogP contribution in [0.1, 0.15) is 29.0 Å². The first-order chi connectivity index (χ1) is 11.0. The number of nitrogens with one attached hydrogen (secondary N) is 2. The Hall–Kier alpha value is -1.83. The molecule has 2 aliphatic rings. The zero-order valence-corrected chi connectivity index (χ0v) is 13.8. The summed E-state index contributed by atoms with van der Waals surface area (Å²) in [4.78, 5) is 37.9. The summed E-state index contributed by atoms with van der Waals surface area (Å²) in [6.07, 6.45) is 2.05. The molecule has 2 amide bonds. The summed E-state index contributed by atoms with van der Waals surface area (Å²) in [5.74, 6) is 1.85. The molecule has 1 aromatic rings. The Morgan fingerprint density at radius 2 is 2.22 bits per heavy atom. The lowest BCUT2D eigenvalue weighted by Gasteiger charge is -2.41. The van der Waals surface area contributed by atoms with Gasteiger partial charge in [0.15, 0.2) is 5.69 Å². The highest BCUT2D eigenvalue weighted by atomic mass is 32.2. The number of thioether (sulfide) groups is 1. The number of nitrogens with zero attached hydrogens (tertiary/aromatic N) is 2. The lowest BCUT2D eigenvalue weighted by molar-refractivity contribution is -0.139. The van der Waals surface area contributed by atoms with Gasteiger partial charge in [-0.15, -0.1) is 0 Å². The van der Waals surface area contributed by atoms with Gasteiger partial charge in [0.1, 0.15) is 0 Å². The number of carbonyl (C=O) groups excluding carboxylic acids is 2. The van der Waals surface area contributed by atoms with Crippen LogP contribution in [0.2, 0.25) is 0 Å². The summed E-state index contributed by atoms with van der Waals surface area (Å²) < 4.78 is 0. The molecule has 0 aromatic carbocycles. The predicted octanol–water partition coefficient (Wildman–Crippen LogP) is 0.162. The number of aromatic nitrogens is 2. The second-order valence-electron chi connectivity index (χ2n) is 6.09. The zero-order valence-electron chi connectivity index (χ0n) is 13.0. The van der Waals surface area contributed by atoms with E-state index in [1.807, 2.05) is 11.8 Å². The van der Waals surface area contributed by atoms with E-state index in [4.69, 9.17) is 0 Å². The highest BCUT2D eigenvalue weighted by Gasteiger charge is 2.36. The van der Waals surface area contributed by atoms with Gasteiger partial charge in [0, 0.05) is 36.5 Å². The molecule has 8 heteroatoms. The van der Waals surface area contributed by atoms with Gasteiger partial charge in [-0.2, -0.15) is 16.9 Å². The summed E-state index contributed by atoms with van der Waals surface area (Å²) in [6.45, 7) is 2.72. The highest BCUT2D eigenvalue weighted by Crippen LogP contribution is 2.25. The Morgan fingerprint density at radius 1 is 1.43 bits per heavy atom. The van der Waals surface area contributed by atoms with E-state index < -0.39 is 11.3 Å². The molecule has 2 fully saturated rings. The van der Waals surface area contributed by atoms with Crippen LogP contribution >= 0.6 is 11.8 Å². The van der Waals surface area contributed by atoms with Crippen molar-refractivity contribution in [2.75, 3.05) is 24.6 Å². The third-order valence-corrected chi connectivity index (χ3v) is 5.39. The number of carbonyl (C=O) groups is 2. The molecule has 7 nitrogen and oxygen atoms in total. The molecule has 2 saturated heterocycles. The lowest BCUT2D eigenvalue weighted by Crippen LogP contribution is -2.62. The number of rotatable bonds is 3. The summed E-state index contributed by atoms with van der Waals surface area (Å²) in [5.41, 5.74) is 0.0756. The molecule has 23 heavy (non-hydrogen) atoms. The van der Waals surface area contributed by atoms with Crippen molar-refractivity contribution in [3.63, 3.8) is 0 Å². The molecule has 0 spiro atoms. The number of aryl methyl sites for hydroxylation is 1. The Balaban J connectivity index is 1.50. The lowest BCUT2D eigenvalue weighted by atomic mass is 10.00. The van der Waals surface area contributed by atoms with E-state index in [9.17, 15) is 14.4 Å². The molecule has 3 heterocycles. The largest absolute Gasteiger partial charge is 0.344 e. The molecule has 2 N–H and O–H groups in total. The van der Waals surface area contributed by atoms with Crippen molar-refractivity contribution in [3.05, 3.63) is 27.7 Å². The van der Waals surface area contributed by atoms with Gasteiger partial charge in [0.25, 0.3) is 5.91 Å². The predicted molar refractivity (Wildman–Crippen MR) is 87.5 cm³/mol. The van der Waals surface area contributed by atoms with Gasteiger partial charge in [-0.1, -0.05) is 0 Å². The summed E-state index contributed by atoms with van der Waals surface area (Å²) in [7, 11) is 0.